The topological polar surface area (TPSA) is 49.3 Å². The minimum Gasteiger partial charge on any atom is -0.386 e. The van der Waals surface area contributed by atoms with Crippen LogP contribution in [0.5, 0.6) is 0 Å². The summed E-state index contributed by atoms with van der Waals surface area (Å²) in [5, 5.41) is 14.8. The van der Waals surface area contributed by atoms with Gasteiger partial charge in [-0.15, -0.1) is 11.3 Å². The van der Waals surface area contributed by atoms with Gasteiger partial charge in [0.15, 0.2) is 0 Å². The number of amides is 1. The molecule has 2 rings (SSSR count). The van der Waals surface area contributed by atoms with Crippen LogP contribution in [0, 0.1) is 13.8 Å². The van der Waals surface area contributed by atoms with Crippen molar-refractivity contribution >= 4 is 17.2 Å². The summed E-state index contributed by atoms with van der Waals surface area (Å²) < 4.78 is 0. The summed E-state index contributed by atoms with van der Waals surface area (Å²) in [7, 11) is 0. The van der Waals surface area contributed by atoms with Crippen molar-refractivity contribution in [2.75, 3.05) is 6.54 Å². The number of nitrogens with one attached hydrogen (secondary N) is 1. The van der Waals surface area contributed by atoms with Crippen LogP contribution in [-0.4, -0.2) is 17.6 Å². The second-order valence-corrected chi connectivity index (χ2v) is 5.90. The van der Waals surface area contributed by atoms with Gasteiger partial charge in [0.05, 0.1) is 6.42 Å². The van der Waals surface area contributed by atoms with E-state index in [1.807, 2.05) is 49.6 Å². The summed E-state index contributed by atoms with van der Waals surface area (Å²) in [4.78, 5) is 12.8. The summed E-state index contributed by atoms with van der Waals surface area (Å²) in [6, 6.07) is 9.86. The Balaban J connectivity index is 1.85. The summed E-state index contributed by atoms with van der Waals surface area (Å²) in [6.45, 7) is 4.22. The van der Waals surface area contributed by atoms with Gasteiger partial charge >= 0.3 is 0 Å². The highest BCUT2D eigenvalue weighted by atomic mass is 32.1. The maximum atomic E-state index is 11.9. The number of hydrogen-bond acceptors (Lipinski definition) is 3. The van der Waals surface area contributed by atoms with E-state index in [4.69, 9.17) is 0 Å². The number of aliphatic hydroxyl groups is 1. The molecule has 0 aliphatic carbocycles. The molecular weight excluding hydrogens is 270 g/mol. The molecule has 4 heteroatoms. The Morgan fingerprint density at radius 2 is 2.15 bits per heavy atom. The third-order valence-corrected chi connectivity index (χ3v) is 4.26. The van der Waals surface area contributed by atoms with Crippen LogP contribution >= 0.6 is 11.3 Å². The highest BCUT2D eigenvalue weighted by Gasteiger charge is 2.13. The van der Waals surface area contributed by atoms with E-state index in [2.05, 4.69) is 5.32 Å². The molecule has 2 N–H and O–H groups in total. The highest BCUT2D eigenvalue weighted by molar-refractivity contribution is 7.10. The molecular formula is C16H19NO2S. The zero-order chi connectivity index (χ0) is 14.5. The lowest BCUT2D eigenvalue weighted by molar-refractivity contribution is -0.120. The molecule has 0 aliphatic rings. The third kappa shape index (κ3) is 3.92. The van der Waals surface area contributed by atoms with Crippen molar-refractivity contribution in [1.82, 2.24) is 5.32 Å². The summed E-state index contributed by atoms with van der Waals surface area (Å²) in [6.07, 6.45) is -0.283. The Bertz CT molecular complexity index is 592. The zero-order valence-electron chi connectivity index (χ0n) is 11.7. The molecule has 0 bridgehead atoms. The molecule has 3 nitrogen and oxygen atoms in total. The van der Waals surface area contributed by atoms with Crippen LogP contribution in [0.3, 0.4) is 0 Å². The number of hydrogen-bond donors (Lipinski definition) is 2. The summed E-state index contributed by atoms with van der Waals surface area (Å²) in [5.41, 5.74) is 3.20. The van der Waals surface area contributed by atoms with Crippen LogP contribution in [0.25, 0.3) is 0 Å². The monoisotopic (exact) mass is 289 g/mol. The van der Waals surface area contributed by atoms with Gasteiger partial charge in [-0.2, -0.15) is 0 Å². The molecule has 1 aromatic carbocycles. The van der Waals surface area contributed by atoms with Gasteiger partial charge in [-0.25, -0.2) is 0 Å². The lowest BCUT2D eigenvalue weighted by Gasteiger charge is -2.11. The van der Waals surface area contributed by atoms with Crippen LogP contribution in [0.15, 0.2) is 35.7 Å². The van der Waals surface area contributed by atoms with Crippen molar-refractivity contribution < 1.29 is 9.90 Å². The normalized spacial score (nSPS) is 12.2. The molecule has 0 aliphatic heterocycles. The minimum absolute atomic E-state index is 0.0659. The first-order valence-corrected chi connectivity index (χ1v) is 7.48. The van der Waals surface area contributed by atoms with Gasteiger partial charge in [0.25, 0.3) is 0 Å². The number of carbonyl (C=O) groups is 1. The first-order chi connectivity index (χ1) is 9.56. The van der Waals surface area contributed by atoms with E-state index in [0.29, 0.717) is 6.42 Å². The van der Waals surface area contributed by atoms with Gasteiger partial charge < -0.3 is 10.4 Å². The van der Waals surface area contributed by atoms with Crippen molar-refractivity contribution in [2.24, 2.45) is 0 Å². The maximum Gasteiger partial charge on any atom is 0.224 e. The minimum atomic E-state index is -0.628. The fourth-order valence-corrected chi connectivity index (χ4v) is 3.01. The lowest BCUT2D eigenvalue weighted by atomic mass is 10.1. The van der Waals surface area contributed by atoms with Crippen molar-refractivity contribution in [3.8, 4) is 0 Å². The van der Waals surface area contributed by atoms with Crippen molar-refractivity contribution in [2.45, 2.75) is 26.4 Å². The first-order valence-electron chi connectivity index (χ1n) is 6.60. The van der Waals surface area contributed by atoms with Gasteiger partial charge in [-0.3, -0.25) is 4.79 Å². The van der Waals surface area contributed by atoms with E-state index >= 15 is 0 Å². The number of carbonyl (C=O) groups excluding carboxylic acids is 1. The van der Waals surface area contributed by atoms with E-state index in [0.717, 1.165) is 21.6 Å². The molecule has 1 amide bonds. The van der Waals surface area contributed by atoms with Gasteiger partial charge in [0.1, 0.15) is 6.10 Å². The first kappa shape index (κ1) is 14.8. The maximum absolute atomic E-state index is 11.9. The average molecular weight is 289 g/mol. The van der Waals surface area contributed by atoms with Gasteiger partial charge in [0, 0.05) is 11.4 Å². The van der Waals surface area contributed by atoms with Crippen molar-refractivity contribution in [3.63, 3.8) is 0 Å². The largest absolute Gasteiger partial charge is 0.386 e. The van der Waals surface area contributed by atoms with E-state index < -0.39 is 6.10 Å². The lowest BCUT2D eigenvalue weighted by Crippen LogP contribution is -2.29. The van der Waals surface area contributed by atoms with Crippen LogP contribution in [0.2, 0.25) is 0 Å². The standard InChI is InChI=1S/C16H19NO2S/c1-11-4-3-5-13(8-11)9-15(19)17-10-14(18)16-12(2)6-7-20-16/h3-8,14,18H,9-10H2,1-2H3,(H,17,19). The van der Waals surface area contributed by atoms with Crippen LogP contribution < -0.4 is 5.32 Å². The molecule has 106 valence electrons. The van der Waals surface area contributed by atoms with Gasteiger partial charge in [-0.1, -0.05) is 29.8 Å². The highest BCUT2D eigenvalue weighted by Crippen LogP contribution is 2.23. The van der Waals surface area contributed by atoms with E-state index in [9.17, 15) is 9.90 Å². The van der Waals surface area contributed by atoms with Crippen LogP contribution in [0.1, 0.15) is 27.7 Å². The number of aryl methyl sites for hydroxylation is 2. The third-order valence-electron chi connectivity index (χ3n) is 3.14. The van der Waals surface area contributed by atoms with Gasteiger partial charge in [0.2, 0.25) is 5.91 Å². The zero-order valence-corrected chi connectivity index (χ0v) is 12.5. The predicted octanol–water partition coefficient (Wildman–Crippen LogP) is 2.76. The Morgan fingerprint density at radius 1 is 1.35 bits per heavy atom. The van der Waals surface area contributed by atoms with Crippen LogP contribution in [-0.2, 0) is 11.2 Å². The molecule has 0 spiro atoms. The number of thiophene rings is 1. The molecule has 1 unspecified atom stereocenters. The molecule has 1 atom stereocenters. The molecule has 20 heavy (non-hydrogen) atoms. The Kier molecular flexibility index (Phi) is 4.93. The van der Waals surface area contributed by atoms with E-state index in [1.165, 1.54) is 11.3 Å². The van der Waals surface area contributed by atoms with E-state index in [-0.39, 0.29) is 12.5 Å². The number of aliphatic hydroxyl groups excluding tert-OH is 1. The summed E-state index contributed by atoms with van der Waals surface area (Å²) >= 11 is 1.51. The quantitative estimate of drug-likeness (QED) is 0.889. The summed E-state index contributed by atoms with van der Waals surface area (Å²) in [5.74, 6) is -0.0659. The Morgan fingerprint density at radius 3 is 2.80 bits per heavy atom. The van der Waals surface area contributed by atoms with Crippen molar-refractivity contribution in [3.05, 3.63) is 57.3 Å². The Labute approximate surface area is 123 Å². The molecule has 0 saturated carbocycles. The molecule has 0 fully saturated rings. The molecule has 1 aromatic heterocycles. The van der Waals surface area contributed by atoms with Gasteiger partial charge in [-0.05, 0) is 36.4 Å². The number of benzene rings is 1. The molecule has 0 radical (unpaired) electrons. The predicted molar refractivity (Wildman–Crippen MR) is 81.9 cm³/mol. The Hall–Kier alpha value is -1.65. The van der Waals surface area contributed by atoms with E-state index in [1.54, 1.807) is 0 Å². The fraction of sp³-hybridized carbons (Fsp3) is 0.312. The smallest absolute Gasteiger partial charge is 0.224 e. The second kappa shape index (κ2) is 6.68. The molecule has 0 saturated heterocycles. The SMILES string of the molecule is Cc1cccc(CC(=O)NCC(O)c2sccc2C)c1. The molecule has 1 heterocycles. The van der Waals surface area contributed by atoms with Crippen molar-refractivity contribution in [1.29, 1.82) is 0 Å². The van der Waals surface area contributed by atoms with Crippen LogP contribution in [0.4, 0.5) is 0 Å². The fourth-order valence-electron chi connectivity index (χ4n) is 2.10. The molecule has 2 aromatic rings. The average Bonchev–Trinajstić information content (AvgIpc) is 2.82. The number of rotatable bonds is 5. The second-order valence-electron chi connectivity index (χ2n) is 4.95.